The summed E-state index contributed by atoms with van der Waals surface area (Å²) in [6.45, 7) is 5.56. The van der Waals surface area contributed by atoms with Gasteiger partial charge in [0.25, 0.3) is 0 Å². The van der Waals surface area contributed by atoms with Crippen molar-refractivity contribution in [1.29, 1.82) is 5.26 Å². The summed E-state index contributed by atoms with van der Waals surface area (Å²) in [4.78, 5) is 2.14. The van der Waals surface area contributed by atoms with Crippen LogP contribution in [0.2, 0.25) is 0 Å². The largest absolute Gasteiger partial charge is 0.497 e. The highest BCUT2D eigenvalue weighted by Crippen LogP contribution is 2.27. The Kier molecular flexibility index (Phi) is 5.47. The van der Waals surface area contributed by atoms with Crippen LogP contribution in [0.3, 0.4) is 0 Å². The lowest BCUT2D eigenvalue weighted by Crippen LogP contribution is -2.34. The second-order valence-electron chi connectivity index (χ2n) is 4.27. The van der Waals surface area contributed by atoms with Crippen LogP contribution in [-0.4, -0.2) is 33.4 Å². The van der Waals surface area contributed by atoms with Crippen molar-refractivity contribution in [3.8, 4) is 11.8 Å². The number of hydrogen-bond acceptors (Lipinski definition) is 4. The van der Waals surface area contributed by atoms with Gasteiger partial charge in [-0.05, 0) is 26.0 Å². The minimum Gasteiger partial charge on any atom is -0.497 e. The summed E-state index contributed by atoms with van der Waals surface area (Å²) in [7, 11) is 3.30. The molecule has 0 aliphatic carbocycles. The first-order chi connectivity index (χ1) is 8.63. The lowest BCUT2D eigenvalue weighted by atomic mass is 10.1. The van der Waals surface area contributed by atoms with Gasteiger partial charge in [-0.1, -0.05) is 0 Å². The van der Waals surface area contributed by atoms with E-state index in [1.807, 2.05) is 6.07 Å². The molecule has 1 aromatic rings. The highest BCUT2D eigenvalue weighted by Gasteiger charge is 2.15. The summed E-state index contributed by atoms with van der Waals surface area (Å²) in [6.07, 6.45) is 0. The smallest absolute Gasteiger partial charge is 0.121 e. The Bertz CT molecular complexity index is 424. The number of methoxy groups -OCH3 is 2. The Balaban J connectivity index is 3.12. The van der Waals surface area contributed by atoms with Gasteiger partial charge in [0.2, 0.25) is 0 Å². The molecule has 1 aromatic carbocycles. The Hall–Kier alpha value is -1.73. The average molecular weight is 248 g/mol. The van der Waals surface area contributed by atoms with Crippen LogP contribution in [0.4, 0.5) is 5.69 Å². The molecule has 0 atom stereocenters. The van der Waals surface area contributed by atoms with Crippen LogP contribution < -0.4 is 9.64 Å². The van der Waals surface area contributed by atoms with Gasteiger partial charge in [0, 0.05) is 25.8 Å². The number of ether oxygens (including phenoxy) is 2. The highest BCUT2D eigenvalue weighted by molar-refractivity contribution is 5.62. The number of hydrogen-bond donors (Lipinski definition) is 0. The zero-order valence-electron chi connectivity index (χ0n) is 11.4. The zero-order chi connectivity index (χ0) is 13.5. The van der Waals surface area contributed by atoms with Crippen molar-refractivity contribution in [3.63, 3.8) is 0 Å². The van der Waals surface area contributed by atoms with Gasteiger partial charge in [0.05, 0.1) is 25.0 Å². The molecule has 98 valence electrons. The van der Waals surface area contributed by atoms with E-state index < -0.39 is 0 Å². The van der Waals surface area contributed by atoms with E-state index in [4.69, 9.17) is 9.47 Å². The number of nitrogens with zero attached hydrogens (tertiary/aromatic N) is 2. The summed E-state index contributed by atoms with van der Waals surface area (Å²) in [5, 5.41) is 9.19. The van der Waals surface area contributed by atoms with Crippen molar-refractivity contribution >= 4 is 5.69 Å². The van der Waals surface area contributed by atoms with E-state index in [2.05, 4.69) is 24.8 Å². The molecule has 4 nitrogen and oxygen atoms in total. The maximum Gasteiger partial charge on any atom is 0.121 e. The van der Waals surface area contributed by atoms with Gasteiger partial charge in [-0.3, -0.25) is 0 Å². The lowest BCUT2D eigenvalue weighted by Gasteiger charge is -2.29. The van der Waals surface area contributed by atoms with Crippen LogP contribution in [-0.2, 0) is 4.74 Å². The first-order valence-electron chi connectivity index (χ1n) is 5.97. The zero-order valence-corrected chi connectivity index (χ0v) is 11.4. The summed E-state index contributed by atoms with van der Waals surface area (Å²) in [6, 6.07) is 8.00. The molecule has 0 radical (unpaired) electrons. The van der Waals surface area contributed by atoms with Crippen LogP contribution in [0.5, 0.6) is 5.75 Å². The molecule has 0 unspecified atom stereocenters. The molecule has 0 bridgehead atoms. The highest BCUT2D eigenvalue weighted by atomic mass is 16.5. The molecule has 0 saturated heterocycles. The van der Waals surface area contributed by atoms with E-state index in [-0.39, 0.29) is 0 Å². The predicted octanol–water partition coefficient (Wildman–Crippen LogP) is 2.43. The second kappa shape index (κ2) is 6.87. The first kappa shape index (κ1) is 14.3. The molecule has 4 heteroatoms. The van der Waals surface area contributed by atoms with E-state index in [1.165, 1.54) is 0 Å². The third-order valence-corrected chi connectivity index (χ3v) is 2.79. The molecule has 0 saturated carbocycles. The summed E-state index contributed by atoms with van der Waals surface area (Å²) in [5.74, 6) is 0.757. The van der Waals surface area contributed by atoms with Crippen LogP contribution in [0.25, 0.3) is 0 Å². The number of benzene rings is 1. The fourth-order valence-electron chi connectivity index (χ4n) is 1.82. The topological polar surface area (TPSA) is 45.5 Å². The van der Waals surface area contributed by atoms with E-state index in [1.54, 1.807) is 26.4 Å². The molecule has 0 amide bonds. The predicted molar refractivity (Wildman–Crippen MR) is 72.1 cm³/mol. The lowest BCUT2D eigenvalue weighted by molar-refractivity contribution is 0.204. The second-order valence-corrected chi connectivity index (χ2v) is 4.27. The summed E-state index contributed by atoms with van der Waals surface area (Å²) < 4.78 is 10.3. The molecule has 0 N–H and O–H groups in total. The third kappa shape index (κ3) is 3.38. The van der Waals surface area contributed by atoms with Crippen molar-refractivity contribution in [2.75, 3.05) is 32.3 Å². The molecule has 0 aromatic heterocycles. The Labute approximate surface area is 109 Å². The molecule has 0 heterocycles. The van der Waals surface area contributed by atoms with Gasteiger partial charge in [0.15, 0.2) is 0 Å². The van der Waals surface area contributed by atoms with Gasteiger partial charge in [-0.15, -0.1) is 0 Å². The van der Waals surface area contributed by atoms with Crippen molar-refractivity contribution in [3.05, 3.63) is 23.8 Å². The Morgan fingerprint density at radius 3 is 2.56 bits per heavy atom. The molecular formula is C14H20N2O2. The SMILES string of the molecule is COCCN(c1cc(OC)ccc1C#N)C(C)C. The summed E-state index contributed by atoms with van der Waals surface area (Å²) >= 11 is 0. The van der Waals surface area contributed by atoms with Crippen molar-refractivity contribution in [2.45, 2.75) is 19.9 Å². The van der Waals surface area contributed by atoms with Crippen LogP contribution in [0, 0.1) is 11.3 Å². The monoisotopic (exact) mass is 248 g/mol. The molecule has 0 fully saturated rings. The minimum absolute atomic E-state index is 0.291. The molecule has 1 rings (SSSR count). The molecule has 18 heavy (non-hydrogen) atoms. The van der Waals surface area contributed by atoms with E-state index >= 15 is 0 Å². The van der Waals surface area contributed by atoms with Gasteiger partial charge in [-0.2, -0.15) is 5.26 Å². The normalized spacial score (nSPS) is 10.2. The maximum atomic E-state index is 9.19. The maximum absolute atomic E-state index is 9.19. The number of anilines is 1. The van der Waals surface area contributed by atoms with Crippen LogP contribution in [0.15, 0.2) is 18.2 Å². The van der Waals surface area contributed by atoms with Crippen LogP contribution in [0.1, 0.15) is 19.4 Å². The van der Waals surface area contributed by atoms with Gasteiger partial charge in [0.1, 0.15) is 11.8 Å². The minimum atomic E-state index is 0.291. The average Bonchev–Trinajstić information content (AvgIpc) is 2.38. The fourth-order valence-corrected chi connectivity index (χ4v) is 1.82. The quantitative estimate of drug-likeness (QED) is 0.775. The van der Waals surface area contributed by atoms with Crippen molar-refractivity contribution in [2.24, 2.45) is 0 Å². The number of rotatable bonds is 6. The Morgan fingerprint density at radius 1 is 1.33 bits per heavy atom. The molecular weight excluding hydrogens is 228 g/mol. The van der Waals surface area contributed by atoms with E-state index in [0.717, 1.165) is 18.0 Å². The molecule has 0 aliphatic heterocycles. The molecule has 0 spiro atoms. The van der Waals surface area contributed by atoms with Crippen LogP contribution >= 0.6 is 0 Å². The standard InChI is InChI=1S/C14H20N2O2/c1-11(2)16(7-8-17-3)14-9-13(18-4)6-5-12(14)10-15/h5-6,9,11H,7-8H2,1-4H3. The van der Waals surface area contributed by atoms with Gasteiger partial charge < -0.3 is 14.4 Å². The molecule has 0 aliphatic rings. The Morgan fingerprint density at radius 2 is 2.06 bits per heavy atom. The van der Waals surface area contributed by atoms with E-state index in [9.17, 15) is 5.26 Å². The first-order valence-corrected chi connectivity index (χ1v) is 5.97. The van der Waals surface area contributed by atoms with Gasteiger partial charge in [-0.25, -0.2) is 0 Å². The summed E-state index contributed by atoms with van der Waals surface area (Å²) in [5.41, 5.74) is 1.55. The van der Waals surface area contributed by atoms with E-state index in [0.29, 0.717) is 18.2 Å². The fraction of sp³-hybridized carbons (Fsp3) is 0.500. The van der Waals surface area contributed by atoms with Gasteiger partial charge >= 0.3 is 0 Å². The van der Waals surface area contributed by atoms with Crippen molar-refractivity contribution < 1.29 is 9.47 Å². The third-order valence-electron chi connectivity index (χ3n) is 2.79. The van der Waals surface area contributed by atoms with Crippen molar-refractivity contribution in [1.82, 2.24) is 0 Å². The number of nitriles is 1.